The van der Waals surface area contributed by atoms with E-state index in [1.165, 1.54) is 4.31 Å². The number of hydrogen-bond acceptors (Lipinski definition) is 4. The molecule has 0 spiro atoms. The van der Waals surface area contributed by atoms with Crippen molar-refractivity contribution in [3.63, 3.8) is 0 Å². The molecular formula is C25H25N3O3S. The Labute approximate surface area is 189 Å². The second-order valence-electron chi connectivity index (χ2n) is 7.61. The molecule has 6 nitrogen and oxygen atoms in total. The zero-order valence-corrected chi connectivity index (χ0v) is 18.9. The number of sulfonamides is 1. The van der Waals surface area contributed by atoms with E-state index in [0.717, 1.165) is 16.7 Å². The van der Waals surface area contributed by atoms with Crippen LogP contribution in [0.15, 0.2) is 77.7 Å². The minimum Gasteiger partial charge on any atom is -0.325 e. The zero-order chi connectivity index (χ0) is 23.1. The minimum atomic E-state index is -3.92. The van der Waals surface area contributed by atoms with E-state index in [1.807, 2.05) is 43.3 Å². The van der Waals surface area contributed by atoms with Gasteiger partial charge in [-0.2, -0.15) is 9.57 Å². The van der Waals surface area contributed by atoms with Crippen LogP contribution < -0.4 is 5.32 Å². The summed E-state index contributed by atoms with van der Waals surface area (Å²) in [6, 6.07) is 23.4. The quantitative estimate of drug-likeness (QED) is 0.560. The third-order valence-electron chi connectivity index (χ3n) is 5.00. The Morgan fingerprint density at radius 1 is 0.969 bits per heavy atom. The molecule has 0 aromatic heterocycles. The van der Waals surface area contributed by atoms with Gasteiger partial charge in [0.25, 0.3) is 0 Å². The Bertz CT molecular complexity index is 1230. The van der Waals surface area contributed by atoms with Crippen molar-refractivity contribution in [3.8, 4) is 6.07 Å². The number of amides is 1. The summed E-state index contributed by atoms with van der Waals surface area (Å²) in [4.78, 5) is 13.0. The summed E-state index contributed by atoms with van der Waals surface area (Å²) in [5.74, 6) is -0.442. The van der Waals surface area contributed by atoms with Gasteiger partial charge >= 0.3 is 0 Å². The third-order valence-corrected chi connectivity index (χ3v) is 6.94. The summed E-state index contributed by atoms with van der Waals surface area (Å²) in [6.07, 6.45) is 0.285. The molecule has 32 heavy (non-hydrogen) atoms. The van der Waals surface area contributed by atoms with E-state index >= 15 is 0 Å². The maximum absolute atomic E-state index is 13.5. The first kappa shape index (κ1) is 23.2. The summed E-state index contributed by atoms with van der Waals surface area (Å²) >= 11 is 0. The van der Waals surface area contributed by atoms with Crippen LogP contribution in [0.1, 0.15) is 22.3 Å². The van der Waals surface area contributed by atoms with Crippen LogP contribution in [-0.2, 0) is 27.8 Å². The second-order valence-corrected chi connectivity index (χ2v) is 9.51. The number of carbonyl (C=O) groups excluding carboxylic acids is 1. The number of carbonyl (C=O) groups is 1. The molecule has 3 rings (SSSR count). The lowest BCUT2D eigenvalue weighted by atomic mass is 10.1. The molecule has 0 bridgehead atoms. The Kier molecular flexibility index (Phi) is 7.41. The SMILES string of the molecule is Cc1ccc(C)c(S(=O)(=O)N(CC(=O)Nc2ccc(CC#N)cc2)Cc2ccccc2)c1. The van der Waals surface area contributed by atoms with Gasteiger partial charge in [-0.3, -0.25) is 4.79 Å². The highest BCUT2D eigenvalue weighted by Crippen LogP contribution is 2.23. The summed E-state index contributed by atoms with van der Waals surface area (Å²) in [5.41, 5.74) is 3.63. The molecule has 0 atom stereocenters. The zero-order valence-electron chi connectivity index (χ0n) is 18.1. The van der Waals surface area contributed by atoms with E-state index in [0.29, 0.717) is 11.3 Å². The normalized spacial score (nSPS) is 11.2. The number of rotatable bonds is 8. The van der Waals surface area contributed by atoms with Gasteiger partial charge in [-0.15, -0.1) is 0 Å². The number of anilines is 1. The van der Waals surface area contributed by atoms with Crippen molar-refractivity contribution in [1.29, 1.82) is 5.26 Å². The van der Waals surface area contributed by atoms with Crippen molar-refractivity contribution < 1.29 is 13.2 Å². The first-order valence-electron chi connectivity index (χ1n) is 10.2. The van der Waals surface area contributed by atoms with Gasteiger partial charge < -0.3 is 5.32 Å². The van der Waals surface area contributed by atoms with Crippen LogP contribution in [0, 0.1) is 25.2 Å². The van der Waals surface area contributed by atoms with Crippen molar-refractivity contribution in [2.24, 2.45) is 0 Å². The monoisotopic (exact) mass is 447 g/mol. The van der Waals surface area contributed by atoms with Crippen molar-refractivity contribution in [2.75, 3.05) is 11.9 Å². The number of nitriles is 1. The smallest absolute Gasteiger partial charge is 0.244 e. The molecule has 7 heteroatoms. The van der Waals surface area contributed by atoms with Gasteiger partial charge in [0.05, 0.1) is 23.9 Å². The summed E-state index contributed by atoms with van der Waals surface area (Å²) in [6.45, 7) is 3.33. The third kappa shape index (κ3) is 5.82. The largest absolute Gasteiger partial charge is 0.325 e. The van der Waals surface area contributed by atoms with Crippen molar-refractivity contribution in [3.05, 3.63) is 95.1 Å². The Morgan fingerprint density at radius 2 is 1.66 bits per heavy atom. The number of nitrogens with one attached hydrogen (secondary N) is 1. The van der Waals surface area contributed by atoms with Crippen LogP contribution in [0.25, 0.3) is 0 Å². The van der Waals surface area contributed by atoms with E-state index in [9.17, 15) is 13.2 Å². The van der Waals surface area contributed by atoms with Gasteiger partial charge in [0, 0.05) is 12.2 Å². The molecule has 0 saturated carbocycles. The predicted molar refractivity (Wildman–Crippen MR) is 124 cm³/mol. The van der Waals surface area contributed by atoms with Crippen LogP contribution in [0.5, 0.6) is 0 Å². The molecule has 164 valence electrons. The Balaban J connectivity index is 1.86. The van der Waals surface area contributed by atoms with E-state index < -0.39 is 15.9 Å². The van der Waals surface area contributed by atoms with Gasteiger partial charge in [-0.05, 0) is 54.3 Å². The molecule has 0 aliphatic heterocycles. The molecule has 0 fully saturated rings. The molecule has 1 amide bonds. The fourth-order valence-electron chi connectivity index (χ4n) is 3.30. The van der Waals surface area contributed by atoms with Crippen LogP contribution >= 0.6 is 0 Å². The molecule has 1 N–H and O–H groups in total. The van der Waals surface area contributed by atoms with Gasteiger partial charge in [-0.25, -0.2) is 8.42 Å². The van der Waals surface area contributed by atoms with Crippen LogP contribution in [0.3, 0.4) is 0 Å². The molecule has 3 aromatic rings. The second kappa shape index (κ2) is 10.2. The average molecular weight is 448 g/mol. The van der Waals surface area contributed by atoms with E-state index in [2.05, 4.69) is 11.4 Å². The fraction of sp³-hybridized carbons (Fsp3) is 0.200. The van der Waals surface area contributed by atoms with Crippen LogP contribution in [-0.4, -0.2) is 25.2 Å². The van der Waals surface area contributed by atoms with Gasteiger partial charge in [-0.1, -0.05) is 54.6 Å². The lowest BCUT2D eigenvalue weighted by Crippen LogP contribution is -2.37. The summed E-state index contributed by atoms with van der Waals surface area (Å²) in [7, 11) is -3.92. The predicted octanol–water partition coefficient (Wildman–Crippen LogP) is 4.20. The van der Waals surface area contributed by atoms with Gasteiger partial charge in [0.15, 0.2) is 0 Å². The molecular weight excluding hydrogens is 422 g/mol. The van der Waals surface area contributed by atoms with Gasteiger partial charge in [0.2, 0.25) is 15.9 Å². The van der Waals surface area contributed by atoms with E-state index in [-0.39, 0.29) is 24.4 Å². The van der Waals surface area contributed by atoms with Crippen molar-refractivity contribution in [2.45, 2.75) is 31.7 Å². The number of aryl methyl sites for hydroxylation is 2. The Morgan fingerprint density at radius 3 is 2.31 bits per heavy atom. The molecule has 0 saturated heterocycles. The van der Waals surface area contributed by atoms with E-state index in [1.54, 1.807) is 43.3 Å². The van der Waals surface area contributed by atoms with Crippen molar-refractivity contribution >= 4 is 21.6 Å². The molecule has 0 heterocycles. The van der Waals surface area contributed by atoms with Crippen LogP contribution in [0.2, 0.25) is 0 Å². The summed E-state index contributed by atoms with van der Waals surface area (Å²) < 4.78 is 28.3. The lowest BCUT2D eigenvalue weighted by Gasteiger charge is -2.23. The first-order chi connectivity index (χ1) is 15.3. The van der Waals surface area contributed by atoms with E-state index in [4.69, 9.17) is 5.26 Å². The average Bonchev–Trinajstić information content (AvgIpc) is 2.77. The standard InChI is InChI=1S/C25H25N3O3S/c1-19-8-9-20(2)24(16-19)32(30,31)28(17-22-6-4-3-5-7-22)18-25(29)27-23-12-10-21(11-13-23)14-15-26/h3-13,16H,14,17-18H2,1-2H3,(H,27,29). The van der Waals surface area contributed by atoms with Gasteiger partial charge in [0.1, 0.15) is 0 Å². The molecule has 0 aliphatic carbocycles. The molecule has 0 radical (unpaired) electrons. The minimum absolute atomic E-state index is 0.0745. The molecule has 0 unspecified atom stereocenters. The highest BCUT2D eigenvalue weighted by molar-refractivity contribution is 7.89. The highest BCUT2D eigenvalue weighted by atomic mass is 32.2. The fourth-order valence-corrected chi connectivity index (χ4v) is 4.99. The number of benzene rings is 3. The lowest BCUT2D eigenvalue weighted by molar-refractivity contribution is -0.116. The van der Waals surface area contributed by atoms with Crippen molar-refractivity contribution in [1.82, 2.24) is 4.31 Å². The molecule has 3 aromatic carbocycles. The maximum Gasteiger partial charge on any atom is 0.244 e. The summed E-state index contributed by atoms with van der Waals surface area (Å²) in [5, 5.41) is 11.5. The topological polar surface area (TPSA) is 90.3 Å². The highest BCUT2D eigenvalue weighted by Gasteiger charge is 2.28. The first-order valence-corrected chi connectivity index (χ1v) is 11.6. The molecule has 0 aliphatic rings. The maximum atomic E-state index is 13.5. The van der Waals surface area contributed by atoms with Crippen LogP contribution in [0.4, 0.5) is 5.69 Å². The number of nitrogens with zero attached hydrogens (tertiary/aromatic N) is 2. The number of hydrogen-bond donors (Lipinski definition) is 1. The Hall–Kier alpha value is -3.47.